The average Bonchev–Trinajstić information content (AvgIpc) is 2.83. The van der Waals surface area contributed by atoms with Crippen molar-refractivity contribution in [1.29, 1.82) is 0 Å². The molecule has 3 heterocycles. The number of H-pyrrole nitrogens is 1. The summed E-state index contributed by atoms with van der Waals surface area (Å²) < 4.78 is 0.616. The van der Waals surface area contributed by atoms with Crippen molar-refractivity contribution in [3.8, 4) is 5.75 Å². The summed E-state index contributed by atoms with van der Waals surface area (Å²) >= 11 is 1.36. The summed E-state index contributed by atoms with van der Waals surface area (Å²) in [5.74, 6) is -0.00895. The minimum Gasteiger partial charge on any atom is -0.506 e. The molecule has 0 saturated carbocycles. The summed E-state index contributed by atoms with van der Waals surface area (Å²) in [7, 11) is 0. The highest BCUT2D eigenvalue weighted by molar-refractivity contribution is 7.22. The number of aromatic nitrogens is 2. The van der Waals surface area contributed by atoms with Gasteiger partial charge in [0.05, 0.1) is 0 Å². The molecule has 108 valence electrons. The summed E-state index contributed by atoms with van der Waals surface area (Å²) in [4.78, 5) is 20.6. The van der Waals surface area contributed by atoms with Crippen LogP contribution in [0.15, 0.2) is 10.9 Å². The predicted octanol–water partition coefficient (Wildman–Crippen LogP) is 1.59. The number of fused-ring (bicyclic) bond motifs is 1. The lowest BCUT2D eigenvalue weighted by Crippen LogP contribution is -2.33. The molecule has 0 atom stereocenters. The summed E-state index contributed by atoms with van der Waals surface area (Å²) in [5.41, 5.74) is 0.112. The van der Waals surface area contributed by atoms with Crippen LogP contribution in [-0.2, 0) is 0 Å². The second-order valence-electron chi connectivity index (χ2n) is 5.04. The fraction of sp³-hybridized carbons (Fsp3) is 0.538. The van der Waals surface area contributed by atoms with E-state index in [4.69, 9.17) is 0 Å². The Morgan fingerprint density at radius 1 is 1.40 bits per heavy atom. The summed E-state index contributed by atoms with van der Waals surface area (Å²) in [6.45, 7) is 4.18. The molecule has 20 heavy (non-hydrogen) atoms. The normalized spacial score (nSPS) is 16.6. The molecule has 1 aliphatic heterocycles. The maximum atomic E-state index is 11.3. The smallest absolute Gasteiger partial charge is 0.253 e. The SMILES string of the molecule is O=c1cc(O)c2sc(NCCN3CCCCC3)nc2[nH]1. The standard InChI is InChI=1S/C13H18N4O2S/c18-9-8-10(19)15-12-11(9)20-13(16-12)14-4-7-17-5-2-1-3-6-17/h8H,1-7H2,(H3,14,15,16,18,19). The number of hydrogen-bond donors (Lipinski definition) is 3. The van der Waals surface area contributed by atoms with Crippen molar-refractivity contribution < 1.29 is 5.11 Å². The van der Waals surface area contributed by atoms with Gasteiger partial charge in [0.1, 0.15) is 10.4 Å². The molecule has 0 aromatic carbocycles. The number of aromatic amines is 1. The van der Waals surface area contributed by atoms with Crippen LogP contribution in [0.4, 0.5) is 5.13 Å². The van der Waals surface area contributed by atoms with Gasteiger partial charge in [-0.05, 0) is 25.9 Å². The van der Waals surface area contributed by atoms with Gasteiger partial charge in [-0.2, -0.15) is 0 Å². The highest BCUT2D eigenvalue weighted by atomic mass is 32.1. The molecule has 1 fully saturated rings. The molecule has 2 aromatic heterocycles. The van der Waals surface area contributed by atoms with Gasteiger partial charge in [0.2, 0.25) is 0 Å². The van der Waals surface area contributed by atoms with Crippen LogP contribution in [0.3, 0.4) is 0 Å². The molecule has 0 radical (unpaired) electrons. The van der Waals surface area contributed by atoms with Gasteiger partial charge in [0.15, 0.2) is 10.8 Å². The zero-order valence-corrected chi connectivity index (χ0v) is 12.0. The van der Waals surface area contributed by atoms with E-state index in [9.17, 15) is 9.90 Å². The quantitative estimate of drug-likeness (QED) is 0.798. The Kier molecular flexibility index (Phi) is 3.88. The maximum absolute atomic E-state index is 11.3. The van der Waals surface area contributed by atoms with E-state index in [1.807, 2.05) is 0 Å². The Morgan fingerprint density at radius 2 is 2.20 bits per heavy atom. The highest BCUT2D eigenvalue weighted by Gasteiger charge is 2.11. The first kappa shape index (κ1) is 13.4. The third-order valence-electron chi connectivity index (χ3n) is 3.52. The topological polar surface area (TPSA) is 81.2 Å². The summed E-state index contributed by atoms with van der Waals surface area (Å²) in [5, 5.41) is 13.7. The zero-order chi connectivity index (χ0) is 13.9. The molecule has 0 bridgehead atoms. The number of aromatic hydroxyl groups is 1. The van der Waals surface area contributed by atoms with E-state index in [-0.39, 0.29) is 11.3 Å². The molecular weight excluding hydrogens is 276 g/mol. The van der Waals surface area contributed by atoms with E-state index in [1.165, 1.54) is 49.8 Å². The number of rotatable bonds is 4. The highest BCUT2D eigenvalue weighted by Crippen LogP contribution is 2.30. The Balaban J connectivity index is 1.63. The van der Waals surface area contributed by atoms with Crippen LogP contribution >= 0.6 is 11.3 Å². The predicted molar refractivity (Wildman–Crippen MR) is 80.7 cm³/mol. The van der Waals surface area contributed by atoms with Gasteiger partial charge in [-0.15, -0.1) is 0 Å². The van der Waals surface area contributed by atoms with Crippen LogP contribution in [0.2, 0.25) is 0 Å². The minimum absolute atomic E-state index is 0.00895. The first-order valence-corrected chi connectivity index (χ1v) is 7.73. The van der Waals surface area contributed by atoms with E-state index in [1.54, 1.807) is 0 Å². The molecule has 3 rings (SSSR count). The van der Waals surface area contributed by atoms with Gasteiger partial charge in [0, 0.05) is 19.2 Å². The van der Waals surface area contributed by atoms with Crippen molar-refractivity contribution in [2.45, 2.75) is 19.3 Å². The number of pyridine rings is 1. The van der Waals surface area contributed by atoms with Crippen LogP contribution < -0.4 is 10.9 Å². The van der Waals surface area contributed by atoms with Crippen LogP contribution in [-0.4, -0.2) is 46.2 Å². The van der Waals surface area contributed by atoms with E-state index in [2.05, 4.69) is 20.2 Å². The van der Waals surface area contributed by atoms with Crippen molar-refractivity contribution >= 4 is 26.8 Å². The molecule has 0 aliphatic carbocycles. The van der Waals surface area contributed by atoms with Gasteiger partial charge in [-0.1, -0.05) is 17.8 Å². The molecule has 6 nitrogen and oxygen atoms in total. The van der Waals surface area contributed by atoms with Crippen LogP contribution in [0.25, 0.3) is 10.3 Å². The average molecular weight is 294 g/mol. The van der Waals surface area contributed by atoms with Gasteiger partial charge in [-0.25, -0.2) is 4.98 Å². The zero-order valence-electron chi connectivity index (χ0n) is 11.2. The fourth-order valence-corrected chi connectivity index (χ4v) is 3.36. The molecular formula is C13H18N4O2S. The number of piperidine rings is 1. The van der Waals surface area contributed by atoms with Crippen LogP contribution in [0.1, 0.15) is 19.3 Å². The second-order valence-corrected chi connectivity index (χ2v) is 6.04. The van der Waals surface area contributed by atoms with Gasteiger partial charge >= 0.3 is 0 Å². The molecule has 0 unspecified atom stereocenters. The van der Waals surface area contributed by atoms with Gasteiger partial charge in [-0.3, -0.25) is 4.79 Å². The van der Waals surface area contributed by atoms with E-state index >= 15 is 0 Å². The van der Waals surface area contributed by atoms with E-state index in [0.717, 1.165) is 18.2 Å². The van der Waals surface area contributed by atoms with Crippen LogP contribution in [0, 0.1) is 0 Å². The number of likely N-dealkylation sites (tertiary alicyclic amines) is 1. The lowest BCUT2D eigenvalue weighted by molar-refractivity contribution is 0.237. The number of hydrogen-bond acceptors (Lipinski definition) is 6. The first-order valence-electron chi connectivity index (χ1n) is 6.91. The molecule has 2 aromatic rings. The Morgan fingerprint density at radius 3 is 3.00 bits per heavy atom. The summed E-state index contributed by atoms with van der Waals surface area (Å²) in [6, 6.07) is 1.18. The first-order chi connectivity index (χ1) is 9.72. The second kappa shape index (κ2) is 5.80. The van der Waals surface area contributed by atoms with E-state index in [0.29, 0.717) is 10.3 Å². The minimum atomic E-state index is -0.333. The Hall–Kier alpha value is -1.60. The van der Waals surface area contributed by atoms with Crippen molar-refractivity contribution in [3.63, 3.8) is 0 Å². The number of nitrogens with one attached hydrogen (secondary N) is 2. The van der Waals surface area contributed by atoms with Crippen molar-refractivity contribution in [2.24, 2.45) is 0 Å². The molecule has 1 saturated heterocycles. The third-order valence-corrected chi connectivity index (χ3v) is 4.56. The van der Waals surface area contributed by atoms with Crippen molar-refractivity contribution in [2.75, 3.05) is 31.5 Å². The fourth-order valence-electron chi connectivity index (χ4n) is 2.50. The Labute approximate surface area is 120 Å². The lowest BCUT2D eigenvalue weighted by Gasteiger charge is -2.26. The third kappa shape index (κ3) is 2.94. The largest absolute Gasteiger partial charge is 0.506 e. The monoisotopic (exact) mass is 294 g/mol. The molecule has 3 N–H and O–H groups in total. The Bertz CT molecular complexity index is 645. The number of nitrogens with zero attached hydrogens (tertiary/aromatic N) is 2. The van der Waals surface area contributed by atoms with E-state index < -0.39 is 0 Å². The van der Waals surface area contributed by atoms with Crippen molar-refractivity contribution in [3.05, 3.63) is 16.4 Å². The number of anilines is 1. The molecule has 7 heteroatoms. The molecule has 1 aliphatic rings. The molecule has 0 amide bonds. The summed E-state index contributed by atoms with van der Waals surface area (Å²) in [6.07, 6.45) is 3.92. The lowest BCUT2D eigenvalue weighted by atomic mass is 10.1. The van der Waals surface area contributed by atoms with Crippen LogP contribution in [0.5, 0.6) is 5.75 Å². The molecule has 0 spiro atoms. The maximum Gasteiger partial charge on any atom is 0.253 e. The van der Waals surface area contributed by atoms with Gasteiger partial charge < -0.3 is 20.3 Å². The van der Waals surface area contributed by atoms with Crippen molar-refractivity contribution in [1.82, 2.24) is 14.9 Å². The number of thiazole rings is 1. The van der Waals surface area contributed by atoms with Gasteiger partial charge in [0.25, 0.3) is 5.56 Å².